The van der Waals surface area contributed by atoms with Gasteiger partial charge in [-0.3, -0.25) is 14.4 Å². The van der Waals surface area contributed by atoms with Crippen LogP contribution in [-0.2, 0) is 22.6 Å². The Morgan fingerprint density at radius 2 is 1.87 bits per heavy atom. The zero-order valence-corrected chi connectivity index (χ0v) is 18.6. The van der Waals surface area contributed by atoms with Crippen molar-refractivity contribution in [2.45, 2.75) is 25.4 Å². The molecule has 9 heteroatoms. The highest BCUT2D eigenvalue weighted by Crippen LogP contribution is 2.40. The molecule has 0 saturated carbocycles. The van der Waals surface area contributed by atoms with Crippen LogP contribution in [0.4, 0.5) is 5.00 Å². The van der Waals surface area contributed by atoms with Crippen LogP contribution >= 0.6 is 23.7 Å². The van der Waals surface area contributed by atoms with E-state index in [9.17, 15) is 14.4 Å². The quantitative estimate of drug-likeness (QED) is 0.779. The van der Waals surface area contributed by atoms with Crippen molar-refractivity contribution in [3.63, 3.8) is 0 Å². The van der Waals surface area contributed by atoms with Gasteiger partial charge in [-0.25, -0.2) is 0 Å². The zero-order chi connectivity index (χ0) is 20.7. The van der Waals surface area contributed by atoms with E-state index >= 15 is 0 Å². The Kier molecular flexibility index (Phi) is 6.50. The Balaban J connectivity index is 0.00000256. The Bertz CT molecular complexity index is 978. The average Bonchev–Trinajstić information content (AvgIpc) is 3.08. The first-order valence-corrected chi connectivity index (χ1v) is 10.4. The lowest BCUT2D eigenvalue weighted by atomic mass is 10.00. The van der Waals surface area contributed by atoms with Crippen molar-refractivity contribution in [1.29, 1.82) is 0 Å². The fourth-order valence-electron chi connectivity index (χ4n) is 3.88. The van der Waals surface area contributed by atoms with Crippen LogP contribution in [0.1, 0.15) is 38.8 Å². The van der Waals surface area contributed by atoms with Gasteiger partial charge in [0.2, 0.25) is 11.8 Å². The van der Waals surface area contributed by atoms with E-state index in [2.05, 4.69) is 0 Å². The van der Waals surface area contributed by atoms with E-state index in [0.29, 0.717) is 30.1 Å². The number of likely N-dealkylation sites (N-methyl/N-ethyl adjacent to an activating group) is 2. The van der Waals surface area contributed by atoms with Gasteiger partial charge in [0, 0.05) is 38.0 Å². The highest BCUT2D eigenvalue weighted by atomic mass is 35.5. The van der Waals surface area contributed by atoms with E-state index in [4.69, 9.17) is 5.73 Å². The number of anilines is 1. The Hall–Kier alpha value is -2.42. The molecule has 2 aromatic rings. The highest BCUT2D eigenvalue weighted by molar-refractivity contribution is 7.17. The lowest BCUT2D eigenvalue weighted by Gasteiger charge is -2.28. The highest BCUT2D eigenvalue weighted by Gasteiger charge is 2.36. The number of hydrogen-bond donors (Lipinski definition) is 1. The molecule has 3 heterocycles. The van der Waals surface area contributed by atoms with E-state index in [-0.39, 0.29) is 49.1 Å². The Morgan fingerprint density at radius 3 is 2.57 bits per heavy atom. The smallest absolute Gasteiger partial charge is 0.257 e. The Morgan fingerprint density at radius 1 is 1.17 bits per heavy atom. The van der Waals surface area contributed by atoms with Gasteiger partial charge in [-0.1, -0.05) is 30.3 Å². The number of hydrogen-bond acceptors (Lipinski definition) is 5. The fraction of sp³-hybridized carbons (Fsp3) is 0.381. The summed E-state index contributed by atoms with van der Waals surface area (Å²) in [4.78, 5) is 43.8. The number of thiophene rings is 1. The second kappa shape index (κ2) is 8.75. The molecule has 160 valence electrons. The van der Waals surface area contributed by atoms with Crippen molar-refractivity contribution in [3.05, 3.63) is 51.9 Å². The van der Waals surface area contributed by atoms with Gasteiger partial charge < -0.3 is 20.4 Å². The standard InChI is InChI=1S/C21H24N4O3S.ClH/c1-23-12-18(27)24(2)21-19(20(23)28)14-8-9-25(11-16(14)29-21)17(26)10-15(22)13-6-4-3-5-7-13;/h3-7,15H,8-12,22H2,1-2H3;1H. The molecule has 0 saturated heterocycles. The topological polar surface area (TPSA) is 87.0 Å². The number of nitrogens with two attached hydrogens (primary N) is 1. The van der Waals surface area contributed by atoms with Crippen molar-refractivity contribution in [2.24, 2.45) is 5.73 Å². The largest absolute Gasteiger partial charge is 0.337 e. The summed E-state index contributed by atoms with van der Waals surface area (Å²) in [6.45, 7) is 1.07. The van der Waals surface area contributed by atoms with Crippen LogP contribution in [0.25, 0.3) is 0 Å². The number of nitrogens with zero attached hydrogens (tertiary/aromatic N) is 3. The maximum atomic E-state index is 12.8. The van der Waals surface area contributed by atoms with Gasteiger partial charge in [-0.05, 0) is 17.5 Å². The first-order valence-electron chi connectivity index (χ1n) is 9.61. The van der Waals surface area contributed by atoms with Crippen molar-refractivity contribution < 1.29 is 14.4 Å². The lowest BCUT2D eigenvalue weighted by molar-refractivity contribution is -0.132. The third kappa shape index (κ3) is 3.95. The number of rotatable bonds is 3. The SMILES string of the molecule is CN1CC(=O)N(C)c2sc3c(c2C1=O)CCN(C(=O)CC(N)c1ccccc1)C3.Cl. The average molecular weight is 449 g/mol. The van der Waals surface area contributed by atoms with Gasteiger partial charge in [0.1, 0.15) is 11.5 Å². The molecule has 0 radical (unpaired) electrons. The van der Waals surface area contributed by atoms with Crippen LogP contribution in [0.15, 0.2) is 30.3 Å². The molecule has 1 aromatic carbocycles. The van der Waals surface area contributed by atoms with Crippen LogP contribution in [0.3, 0.4) is 0 Å². The lowest BCUT2D eigenvalue weighted by Crippen LogP contribution is -2.38. The number of carbonyl (C=O) groups excluding carboxylic acids is 3. The second-order valence-electron chi connectivity index (χ2n) is 7.58. The monoisotopic (exact) mass is 448 g/mol. The van der Waals surface area contributed by atoms with Gasteiger partial charge in [0.25, 0.3) is 5.91 Å². The molecule has 0 fully saturated rings. The number of benzene rings is 1. The molecule has 0 bridgehead atoms. The molecule has 30 heavy (non-hydrogen) atoms. The van der Waals surface area contributed by atoms with Crippen molar-refractivity contribution in [3.8, 4) is 0 Å². The molecule has 0 aliphatic carbocycles. The third-order valence-electron chi connectivity index (χ3n) is 5.62. The van der Waals surface area contributed by atoms with E-state index in [1.54, 1.807) is 23.9 Å². The molecule has 1 aromatic heterocycles. The minimum atomic E-state index is -0.343. The molecule has 2 N–H and O–H groups in total. The zero-order valence-electron chi connectivity index (χ0n) is 17.0. The van der Waals surface area contributed by atoms with Crippen LogP contribution in [0.2, 0.25) is 0 Å². The van der Waals surface area contributed by atoms with Crippen LogP contribution in [-0.4, -0.2) is 54.7 Å². The first kappa shape index (κ1) is 22.3. The van der Waals surface area contributed by atoms with Crippen molar-refractivity contribution in [1.82, 2.24) is 9.80 Å². The maximum absolute atomic E-state index is 12.8. The maximum Gasteiger partial charge on any atom is 0.257 e. The summed E-state index contributed by atoms with van der Waals surface area (Å²) in [5.41, 5.74) is 8.75. The van der Waals surface area contributed by atoms with Gasteiger partial charge in [-0.2, -0.15) is 0 Å². The molecule has 0 spiro atoms. The van der Waals surface area contributed by atoms with Crippen LogP contribution < -0.4 is 10.6 Å². The summed E-state index contributed by atoms with van der Waals surface area (Å²) >= 11 is 1.44. The minimum Gasteiger partial charge on any atom is -0.337 e. The molecule has 1 atom stereocenters. The molecule has 3 amide bonds. The van der Waals surface area contributed by atoms with Crippen LogP contribution in [0.5, 0.6) is 0 Å². The molecular weight excluding hydrogens is 424 g/mol. The summed E-state index contributed by atoms with van der Waals surface area (Å²) in [5.74, 6) is -0.232. The molecule has 7 nitrogen and oxygen atoms in total. The predicted octanol–water partition coefficient (Wildman–Crippen LogP) is 2.19. The van der Waals surface area contributed by atoms with Gasteiger partial charge in [0.05, 0.1) is 12.1 Å². The number of fused-ring (bicyclic) bond motifs is 3. The molecule has 2 aliphatic rings. The molecule has 1 unspecified atom stereocenters. The second-order valence-corrected chi connectivity index (χ2v) is 8.67. The predicted molar refractivity (Wildman–Crippen MR) is 119 cm³/mol. The number of halogens is 1. The van der Waals surface area contributed by atoms with E-state index < -0.39 is 0 Å². The number of carbonyl (C=O) groups is 3. The molecular formula is C21H25ClN4O3S. The van der Waals surface area contributed by atoms with E-state index in [1.165, 1.54) is 16.2 Å². The summed E-state index contributed by atoms with van der Waals surface area (Å²) < 4.78 is 0. The molecule has 2 aliphatic heterocycles. The van der Waals surface area contributed by atoms with Gasteiger partial charge in [0.15, 0.2) is 0 Å². The summed E-state index contributed by atoms with van der Waals surface area (Å²) in [6, 6.07) is 9.26. The van der Waals surface area contributed by atoms with Gasteiger partial charge >= 0.3 is 0 Å². The summed E-state index contributed by atoms with van der Waals surface area (Å²) in [7, 11) is 3.36. The fourth-order valence-corrected chi connectivity index (χ4v) is 5.21. The minimum absolute atomic E-state index is 0. The molecule has 4 rings (SSSR count). The van der Waals surface area contributed by atoms with E-state index in [0.717, 1.165) is 16.0 Å². The van der Waals surface area contributed by atoms with Gasteiger partial charge in [-0.15, -0.1) is 23.7 Å². The Labute approximate surface area is 185 Å². The normalized spacial score (nSPS) is 17.1. The first-order chi connectivity index (χ1) is 13.9. The number of amides is 3. The van der Waals surface area contributed by atoms with Crippen molar-refractivity contribution >= 4 is 46.5 Å². The third-order valence-corrected chi connectivity index (χ3v) is 6.92. The van der Waals surface area contributed by atoms with E-state index in [1.807, 2.05) is 30.3 Å². The van der Waals surface area contributed by atoms with Crippen LogP contribution in [0, 0.1) is 0 Å². The van der Waals surface area contributed by atoms with Crippen molar-refractivity contribution in [2.75, 3.05) is 32.1 Å². The summed E-state index contributed by atoms with van der Waals surface area (Å²) in [5, 5.41) is 0.685. The summed E-state index contributed by atoms with van der Waals surface area (Å²) in [6.07, 6.45) is 0.847.